The van der Waals surface area contributed by atoms with Gasteiger partial charge in [0.2, 0.25) is 0 Å². The molecule has 7 nitrogen and oxygen atoms in total. The van der Waals surface area contributed by atoms with Crippen molar-refractivity contribution in [1.82, 2.24) is 0 Å². The largest absolute Gasteiger partial charge is 0.479 e. The summed E-state index contributed by atoms with van der Waals surface area (Å²) in [6.07, 6.45) is 0.533. The Kier molecular flexibility index (Phi) is 7.06. The van der Waals surface area contributed by atoms with E-state index < -0.39 is 11.0 Å². The molecule has 0 aromatic carbocycles. The van der Waals surface area contributed by atoms with E-state index in [1.165, 1.54) is 0 Å². The van der Waals surface area contributed by atoms with Crippen molar-refractivity contribution < 1.29 is 15.4 Å². The second-order valence-electron chi connectivity index (χ2n) is 2.58. The van der Waals surface area contributed by atoms with Crippen LogP contribution in [0.15, 0.2) is 4.99 Å². The first-order valence-electron chi connectivity index (χ1n) is 3.63. The first-order chi connectivity index (χ1) is 5.86. The predicted molar refractivity (Wildman–Crippen MR) is 53.9 cm³/mol. The van der Waals surface area contributed by atoms with Crippen LogP contribution in [0.5, 0.6) is 0 Å². The van der Waals surface area contributed by atoms with Gasteiger partial charge in [0.15, 0.2) is 11.0 Å². The normalized spacial score (nSPS) is 13.6. The maximum absolute atomic E-state index is 10.4. The van der Waals surface area contributed by atoms with Gasteiger partial charge >= 0.3 is 5.97 Å². The average Bonchev–Trinajstić information content (AvgIpc) is 1.97. The quantitative estimate of drug-likeness (QED) is 0.143. The van der Waals surface area contributed by atoms with Crippen molar-refractivity contribution in [2.24, 2.45) is 22.2 Å². The molecule has 0 spiro atoms. The molecule has 0 heterocycles. The Balaban J connectivity index is 0. The van der Waals surface area contributed by atoms with E-state index in [1.807, 2.05) is 0 Å². The van der Waals surface area contributed by atoms with Gasteiger partial charge in [-0.15, -0.1) is 0 Å². The average molecular weight is 227 g/mol. The number of halogens is 1. The van der Waals surface area contributed by atoms with Gasteiger partial charge in [-0.1, -0.05) is 11.6 Å². The molecule has 0 rings (SSSR count). The van der Waals surface area contributed by atoms with Crippen molar-refractivity contribution in [3.05, 3.63) is 0 Å². The molecule has 0 saturated heterocycles. The second kappa shape index (κ2) is 6.41. The van der Waals surface area contributed by atoms with Gasteiger partial charge in [-0.3, -0.25) is 4.99 Å². The molecule has 0 aliphatic heterocycles. The van der Waals surface area contributed by atoms with Gasteiger partial charge in [-0.2, -0.15) is 0 Å². The molecule has 9 N–H and O–H groups in total. The third kappa shape index (κ3) is 6.46. The fourth-order valence-corrected chi connectivity index (χ4v) is 0.785. The number of hydrogen-bond donors (Lipinski definition) is 4. The highest BCUT2D eigenvalue weighted by atomic mass is 35.5. The summed E-state index contributed by atoms with van der Waals surface area (Å²) in [4.78, 5) is 12.3. The molecule has 0 aromatic rings. The Bertz CT molecular complexity index is 215. The van der Waals surface area contributed by atoms with Crippen LogP contribution in [-0.2, 0) is 4.79 Å². The zero-order valence-corrected chi connectivity index (χ0v) is 8.29. The van der Waals surface area contributed by atoms with Crippen LogP contribution in [0.1, 0.15) is 12.8 Å². The summed E-state index contributed by atoms with van der Waals surface area (Å²) < 4.78 is 0. The minimum Gasteiger partial charge on any atom is -0.479 e. The summed E-state index contributed by atoms with van der Waals surface area (Å²) >= 11 is 5.45. The van der Waals surface area contributed by atoms with Gasteiger partial charge in [0.25, 0.3) is 0 Å². The lowest BCUT2D eigenvalue weighted by molar-refractivity contribution is -0.140. The molecule has 0 bridgehead atoms. The van der Waals surface area contributed by atoms with E-state index in [9.17, 15) is 4.79 Å². The Morgan fingerprint density at radius 1 is 1.50 bits per heavy atom. The smallest absolute Gasteiger partial charge is 0.339 e. The number of aliphatic carboxylic acids is 1. The summed E-state index contributed by atoms with van der Waals surface area (Å²) in [6.45, 7) is 0.321. The molecule has 0 aliphatic carbocycles. The first kappa shape index (κ1) is 15.4. The summed E-state index contributed by atoms with van der Waals surface area (Å²) in [5.41, 5.74) is 15.3. The van der Waals surface area contributed by atoms with E-state index in [2.05, 4.69) is 4.99 Å². The van der Waals surface area contributed by atoms with Crippen molar-refractivity contribution in [1.29, 1.82) is 0 Å². The number of carboxylic acids is 1. The van der Waals surface area contributed by atoms with Crippen molar-refractivity contribution in [3.8, 4) is 0 Å². The van der Waals surface area contributed by atoms with Crippen LogP contribution in [0, 0.1) is 0 Å². The van der Waals surface area contributed by atoms with Gasteiger partial charge < -0.3 is 27.8 Å². The topological polar surface area (TPSA) is 159 Å². The summed E-state index contributed by atoms with van der Waals surface area (Å²) in [6, 6.07) is 0. The molecule has 0 aromatic heterocycles. The number of carbonyl (C=O) groups is 1. The lowest BCUT2D eigenvalue weighted by atomic mass is 10.1. The van der Waals surface area contributed by atoms with E-state index in [-0.39, 0.29) is 17.9 Å². The number of nitrogens with zero attached hydrogens (tertiary/aromatic N) is 1. The van der Waals surface area contributed by atoms with Crippen LogP contribution >= 0.6 is 11.6 Å². The third-order valence-corrected chi connectivity index (χ3v) is 1.70. The second-order valence-corrected chi connectivity index (χ2v) is 3.25. The number of nitrogens with two attached hydrogens (primary N) is 3. The zero-order chi connectivity index (χ0) is 10.5. The van der Waals surface area contributed by atoms with E-state index in [4.69, 9.17) is 33.9 Å². The molecule has 8 heteroatoms. The fraction of sp³-hybridized carbons (Fsp3) is 0.667. The van der Waals surface area contributed by atoms with Crippen molar-refractivity contribution in [2.75, 3.05) is 6.54 Å². The maximum atomic E-state index is 10.4. The van der Waals surface area contributed by atoms with Crippen LogP contribution in [0.4, 0.5) is 0 Å². The number of carboxylic acid groups (broad SMARTS) is 1. The number of rotatable bonds is 5. The van der Waals surface area contributed by atoms with Gasteiger partial charge in [0.05, 0.1) is 0 Å². The molecule has 84 valence electrons. The summed E-state index contributed by atoms with van der Waals surface area (Å²) in [5, 5.41) is 8.51. The highest BCUT2D eigenvalue weighted by Gasteiger charge is 2.29. The summed E-state index contributed by atoms with van der Waals surface area (Å²) in [5.74, 6) is -1.29. The number of guanidine groups is 1. The Hall–Kier alpha value is -1.05. The van der Waals surface area contributed by atoms with Crippen molar-refractivity contribution in [3.63, 3.8) is 0 Å². The van der Waals surface area contributed by atoms with Crippen LogP contribution < -0.4 is 17.2 Å². The minimum atomic E-state index is -1.72. The molecule has 1 atom stereocenters. The van der Waals surface area contributed by atoms with E-state index >= 15 is 0 Å². The first-order valence-corrected chi connectivity index (χ1v) is 4.00. The van der Waals surface area contributed by atoms with Gasteiger partial charge in [0, 0.05) is 6.54 Å². The Labute approximate surface area is 86.2 Å². The molecule has 0 fully saturated rings. The van der Waals surface area contributed by atoms with Crippen molar-refractivity contribution in [2.45, 2.75) is 17.8 Å². The molecule has 0 saturated carbocycles. The van der Waals surface area contributed by atoms with Gasteiger partial charge in [-0.25, -0.2) is 4.79 Å². The maximum Gasteiger partial charge on any atom is 0.339 e. The summed E-state index contributed by atoms with van der Waals surface area (Å²) in [7, 11) is 0. The van der Waals surface area contributed by atoms with E-state index in [0.717, 1.165) is 0 Å². The number of alkyl halides is 1. The predicted octanol–water partition coefficient (Wildman–Crippen LogP) is -1.81. The minimum absolute atomic E-state index is 0. The molecule has 0 aliphatic rings. The van der Waals surface area contributed by atoms with E-state index in [1.54, 1.807) is 0 Å². The standard InChI is InChI=1S/C6H13ClN4O2.H2O/c7-6(10,4(12)13)2-1-3-11-5(8)9;/h1-3,10H2,(H,12,13)(H4,8,9,11);1H2/t6-;/m0./s1. The fourth-order valence-electron chi connectivity index (χ4n) is 0.651. The van der Waals surface area contributed by atoms with Crippen LogP contribution in [0.3, 0.4) is 0 Å². The molecular formula is C6H15ClN4O3. The van der Waals surface area contributed by atoms with Crippen LogP contribution in [0.25, 0.3) is 0 Å². The highest BCUT2D eigenvalue weighted by Crippen LogP contribution is 2.14. The Morgan fingerprint density at radius 3 is 2.36 bits per heavy atom. The lowest BCUT2D eigenvalue weighted by Gasteiger charge is -2.14. The SMILES string of the molecule is NC(N)=NCCC[C@@](N)(Cl)C(=O)O.O. The number of aliphatic imine (C=N–C) groups is 1. The Morgan fingerprint density at radius 2 is 2.00 bits per heavy atom. The zero-order valence-electron chi connectivity index (χ0n) is 7.53. The molecule has 14 heavy (non-hydrogen) atoms. The monoisotopic (exact) mass is 226 g/mol. The molecule has 0 radical (unpaired) electrons. The van der Waals surface area contributed by atoms with Gasteiger partial charge in [0.1, 0.15) is 0 Å². The van der Waals surface area contributed by atoms with E-state index in [0.29, 0.717) is 13.0 Å². The molecular weight excluding hydrogens is 212 g/mol. The lowest BCUT2D eigenvalue weighted by Crippen LogP contribution is -2.42. The molecule has 0 amide bonds. The third-order valence-electron chi connectivity index (χ3n) is 1.35. The van der Waals surface area contributed by atoms with Crippen LogP contribution in [-0.4, -0.2) is 34.1 Å². The van der Waals surface area contributed by atoms with Crippen molar-refractivity contribution >= 4 is 23.5 Å². The van der Waals surface area contributed by atoms with Gasteiger partial charge in [-0.05, 0) is 12.8 Å². The van der Waals surface area contributed by atoms with Crippen LogP contribution in [0.2, 0.25) is 0 Å². The number of hydrogen-bond acceptors (Lipinski definition) is 3. The molecule has 0 unspecified atom stereocenters. The highest BCUT2D eigenvalue weighted by molar-refractivity contribution is 6.33.